The molecule has 32 heavy (non-hydrogen) atoms. The van der Waals surface area contributed by atoms with Crippen LogP contribution in [-0.4, -0.2) is 26.0 Å². The topological polar surface area (TPSA) is 93.2 Å². The van der Waals surface area contributed by atoms with Crippen molar-refractivity contribution in [1.29, 1.82) is 0 Å². The highest BCUT2D eigenvalue weighted by Crippen LogP contribution is 2.37. The average molecular weight is 462 g/mol. The predicted octanol–water partition coefficient (Wildman–Crippen LogP) is 4.44. The number of carbonyl (C=O) groups is 1. The van der Waals surface area contributed by atoms with Crippen molar-refractivity contribution in [3.05, 3.63) is 64.8 Å². The fraction of sp³-hybridized carbons (Fsp3) is 0.316. The summed E-state index contributed by atoms with van der Waals surface area (Å²) in [4.78, 5) is 12.2. The van der Waals surface area contributed by atoms with Crippen molar-refractivity contribution >= 4 is 11.6 Å². The van der Waals surface area contributed by atoms with E-state index in [2.05, 4.69) is 15.6 Å². The normalized spacial score (nSPS) is 12.8. The lowest BCUT2D eigenvalue weighted by atomic mass is 10.0. The molecule has 0 unspecified atom stereocenters. The minimum atomic E-state index is -5.01. The highest BCUT2D eigenvalue weighted by Gasteiger charge is 2.38. The molecule has 0 aliphatic carbocycles. The summed E-state index contributed by atoms with van der Waals surface area (Å²) in [5.41, 5.74) is -4.71. The van der Waals surface area contributed by atoms with Gasteiger partial charge in [0.2, 0.25) is 0 Å². The summed E-state index contributed by atoms with van der Waals surface area (Å²) < 4.78 is 84.1. The first-order chi connectivity index (χ1) is 14.6. The maximum Gasteiger partial charge on any atom is 0.416 e. The number of anilines is 1. The number of aliphatic hydroxyl groups is 1. The molecule has 172 valence electrons. The monoisotopic (exact) mass is 462 g/mol. The van der Waals surface area contributed by atoms with Gasteiger partial charge in [0.05, 0.1) is 29.6 Å². The van der Waals surface area contributed by atoms with Crippen LogP contribution >= 0.6 is 0 Å². The Bertz CT molecular complexity index is 1130. The average Bonchev–Trinajstić information content (AvgIpc) is 3.29. The lowest BCUT2D eigenvalue weighted by molar-refractivity contribution is -0.143. The van der Waals surface area contributed by atoms with Crippen LogP contribution in [-0.2, 0) is 24.5 Å². The summed E-state index contributed by atoms with van der Waals surface area (Å²) in [5.74, 6) is -0.686. The van der Waals surface area contributed by atoms with Crippen molar-refractivity contribution in [1.82, 2.24) is 14.9 Å². The molecule has 2 aromatic heterocycles. The minimum Gasteiger partial charge on any atom is -0.382 e. The molecule has 0 aliphatic rings. The molecule has 0 atom stereocenters. The number of alkyl halides is 6. The maximum atomic E-state index is 13.3. The van der Waals surface area contributed by atoms with E-state index in [1.165, 1.54) is 26.1 Å². The Morgan fingerprint density at radius 2 is 1.81 bits per heavy atom. The van der Waals surface area contributed by atoms with Gasteiger partial charge in [0.15, 0.2) is 11.5 Å². The van der Waals surface area contributed by atoms with Crippen LogP contribution in [0.5, 0.6) is 0 Å². The molecule has 0 spiro atoms. The molecule has 3 rings (SSSR count). The van der Waals surface area contributed by atoms with Gasteiger partial charge < -0.3 is 14.9 Å². The zero-order valence-electron chi connectivity index (χ0n) is 16.5. The van der Waals surface area contributed by atoms with E-state index in [0.29, 0.717) is 6.07 Å². The van der Waals surface area contributed by atoms with Gasteiger partial charge in [0.25, 0.3) is 5.91 Å². The third kappa shape index (κ3) is 5.28. The van der Waals surface area contributed by atoms with Gasteiger partial charge in [0.1, 0.15) is 5.60 Å². The molecule has 3 aromatic rings. The van der Waals surface area contributed by atoms with E-state index < -0.39 is 47.1 Å². The number of nitrogens with one attached hydrogen (secondary N) is 1. The fourth-order valence-corrected chi connectivity index (χ4v) is 2.71. The van der Waals surface area contributed by atoms with E-state index in [0.717, 1.165) is 16.9 Å². The fourth-order valence-electron chi connectivity index (χ4n) is 2.71. The van der Waals surface area contributed by atoms with Crippen molar-refractivity contribution < 1.29 is 40.8 Å². The van der Waals surface area contributed by atoms with Crippen LogP contribution in [0.25, 0.3) is 0 Å². The lowest BCUT2D eigenvalue weighted by Gasteiger charge is -2.16. The van der Waals surface area contributed by atoms with Crippen LogP contribution in [0.3, 0.4) is 0 Å². The van der Waals surface area contributed by atoms with Crippen molar-refractivity contribution in [3.8, 4) is 0 Å². The highest BCUT2D eigenvalue weighted by molar-refractivity contribution is 6.02. The second-order valence-electron chi connectivity index (χ2n) is 7.38. The van der Waals surface area contributed by atoms with Crippen LogP contribution in [0.15, 0.2) is 41.2 Å². The van der Waals surface area contributed by atoms with Crippen LogP contribution in [0.1, 0.15) is 46.8 Å². The van der Waals surface area contributed by atoms with Crippen LogP contribution < -0.4 is 5.32 Å². The number of amides is 1. The Morgan fingerprint density at radius 1 is 1.12 bits per heavy atom. The molecular weight excluding hydrogens is 446 g/mol. The van der Waals surface area contributed by atoms with Gasteiger partial charge in [0, 0.05) is 12.3 Å². The maximum absolute atomic E-state index is 13.3. The molecule has 0 radical (unpaired) electrons. The first kappa shape index (κ1) is 23.3. The number of hydrogen-bond acceptors (Lipinski definition) is 5. The number of hydrogen-bond donors (Lipinski definition) is 2. The molecule has 13 heteroatoms. The van der Waals surface area contributed by atoms with E-state index in [1.54, 1.807) is 0 Å². The van der Waals surface area contributed by atoms with Crippen molar-refractivity contribution in [2.24, 2.45) is 0 Å². The molecular formula is C19H16F6N4O3. The molecule has 2 N–H and O–H groups in total. The summed E-state index contributed by atoms with van der Waals surface area (Å²) in [7, 11) is 0. The Balaban J connectivity index is 1.78. The standard InChI is InChI=1S/C19H16F6N4O3/c1-17(2,31)15-6-14(28-32-15)16(30)27-12-7-26-29(9-12)8-10-3-4-11(18(20,21)22)5-13(10)19(23,24)25/h3-7,9,31H,8H2,1-2H3,(H,27,30). The molecule has 0 aliphatic heterocycles. The molecule has 1 amide bonds. The molecule has 2 heterocycles. The van der Waals surface area contributed by atoms with Crippen LogP contribution in [0.2, 0.25) is 0 Å². The minimum absolute atomic E-state index is 0.0420. The number of carbonyl (C=O) groups excluding carboxylic acids is 1. The summed E-state index contributed by atoms with van der Waals surface area (Å²) in [5, 5.41) is 19.6. The molecule has 0 saturated carbocycles. The first-order valence-corrected chi connectivity index (χ1v) is 8.95. The Morgan fingerprint density at radius 3 is 2.38 bits per heavy atom. The summed E-state index contributed by atoms with van der Waals surface area (Å²) in [6.45, 7) is 2.36. The quantitative estimate of drug-likeness (QED) is 0.547. The summed E-state index contributed by atoms with van der Waals surface area (Å²) in [6, 6.07) is 2.56. The molecule has 7 nitrogen and oxygen atoms in total. The van der Waals surface area contributed by atoms with Crippen LogP contribution in [0.4, 0.5) is 32.0 Å². The first-order valence-electron chi connectivity index (χ1n) is 8.95. The van der Waals surface area contributed by atoms with Gasteiger partial charge in [-0.2, -0.15) is 31.4 Å². The van der Waals surface area contributed by atoms with Crippen LogP contribution in [0, 0.1) is 0 Å². The second-order valence-corrected chi connectivity index (χ2v) is 7.38. The Hall–Kier alpha value is -3.35. The van der Waals surface area contributed by atoms with E-state index in [4.69, 9.17) is 4.52 Å². The second kappa shape index (κ2) is 7.97. The van der Waals surface area contributed by atoms with Gasteiger partial charge in [-0.1, -0.05) is 11.2 Å². The summed E-state index contributed by atoms with van der Waals surface area (Å²) >= 11 is 0. The van der Waals surface area contributed by atoms with Crippen molar-refractivity contribution in [3.63, 3.8) is 0 Å². The Labute approximate surface area is 176 Å². The SMILES string of the molecule is CC(C)(O)c1cc(C(=O)Nc2cnn(Cc3ccc(C(F)(F)F)cc3C(F)(F)F)c2)no1. The Kier molecular flexibility index (Phi) is 5.80. The number of halogens is 6. The number of rotatable bonds is 5. The molecule has 0 bridgehead atoms. The zero-order chi connectivity index (χ0) is 23.9. The van der Waals surface area contributed by atoms with Crippen molar-refractivity contribution in [2.75, 3.05) is 5.32 Å². The molecule has 1 aromatic carbocycles. The lowest BCUT2D eigenvalue weighted by Crippen LogP contribution is -2.15. The third-order valence-electron chi connectivity index (χ3n) is 4.31. The van der Waals surface area contributed by atoms with Crippen molar-refractivity contribution in [2.45, 2.75) is 38.3 Å². The third-order valence-corrected chi connectivity index (χ3v) is 4.31. The van der Waals surface area contributed by atoms with E-state index in [9.17, 15) is 36.2 Å². The van der Waals surface area contributed by atoms with Gasteiger partial charge in [-0.05, 0) is 31.5 Å². The van der Waals surface area contributed by atoms with E-state index in [1.807, 2.05) is 0 Å². The van der Waals surface area contributed by atoms with E-state index in [-0.39, 0.29) is 23.2 Å². The van der Waals surface area contributed by atoms with Gasteiger partial charge in [-0.15, -0.1) is 0 Å². The number of nitrogens with zero attached hydrogens (tertiary/aromatic N) is 3. The predicted molar refractivity (Wildman–Crippen MR) is 97.5 cm³/mol. The smallest absolute Gasteiger partial charge is 0.382 e. The van der Waals surface area contributed by atoms with Gasteiger partial charge in [-0.25, -0.2) is 0 Å². The van der Waals surface area contributed by atoms with Gasteiger partial charge in [-0.3, -0.25) is 9.48 Å². The van der Waals surface area contributed by atoms with Gasteiger partial charge >= 0.3 is 12.4 Å². The molecule has 0 fully saturated rings. The highest BCUT2D eigenvalue weighted by atomic mass is 19.4. The zero-order valence-corrected chi connectivity index (χ0v) is 16.5. The summed E-state index contributed by atoms with van der Waals surface area (Å²) in [6.07, 6.45) is -7.58. The number of aromatic nitrogens is 3. The molecule has 0 saturated heterocycles. The largest absolute Gasteiger partial charge is 0.416 e. The van der Waals surface area contributed by atoms with E-state index >= 15 is 0 Å². The number of benzene rings is 1.